The van der Waals surface area contributed by atoms with E-state index in [4.69, 9.17) is 11.6 Å². The molecule has 0 aliphatic heterocycles. The average molecular weight is 225 g/mol. The first-order valence-electron chi connectivity index (χ1n) is 5.63. The lowest BCUT2D eigenvalue weighted by atomic mass is 9.87. The summed E-state index contributed by atoms with van der Waals surface area (Å²) in [7, 11) is 0. The Morgan fingerprint density at radius 1 is 1.33 bits per heavy atom. The van der Waals surface area contributed by atoms with Crippen molar-refractivity contribution in [3.8, 4) is 0 Å². The molecule has 82 valence electrons. The van der Waals surface area contributed by atoms with E-state index in [0.29, 0.717) is 6.04 Å². The van der Waals surface area contributed by atoms with Crippen molar-refractivity contribution in [3.05, 3.63) is 23.4 Å². The Morgan fingerprint density at radius 2 is 2.07 bits per heavy atom. The molecule has 15 heavy (non-hydrogen) atoms. The van der Waals surface area contributed by atoms with Crippen LogP contribution in [0.25, 0.3) is 0 Å². The molecule has 2 rings (SSSR count). The van der Waals surface area contributed by atoms with Gasteiger partial charge < -0.3 is 5.32 Å². The minimum absolute atomic E-state index is 0.550. The van der Waals surface area contributed by atoms with Crippen molar-refractivity contribution >= 4 is 17.4 Å². The molecule has 0 bridgehead atoms. The number of pyridine rings is 1. The van der Waals surface area contributed by atoms with Crippen molar-refractivity contribution in [2.45, 2.75) is 38.6 Å². The maximum Gasteiger partial charge on any atom is 0.144 e. The molecule has 1 aromatic rings. The van der Waals surface area contributed by atoms with Crippen molar-refractivity contribution in [2.24, 2.45) is 5.92 Å². The molecular formula is C12H17ClN2. The second-order valence-electron chi connectivity index (χ2n) is 4.43. The largest absolute Gasteiger partial charge is 0.366 e. The van der Waals surface area contributed by atoms with Crippen LogP contribution in [-0.4, -0.2) is 11.0 Å². The molecule has 0 amide bonds. The summed E-state index contributed by atoms with van der Waals surface area (Å²) in [5, 5.41) is 4.15. The third-order valence-electron chi connectivity index (χ3n) is 3.12. The van der Waals surface area contributed by atoms with Gasteiger partial charge in [0, 0.05) is 12.2 Å². The molecule has 1 N–H and O–H groups in total. The highest BCUT2D eigenvalue weighted by Gasteiger charge is 2.18. The average Bonchev–Trinajstić information content (AvgIpc) is 2.25. The molecule has 2 nitrogen and oxygen atoms in total. The van der Waals surface area contributed by atoms with E-state index >= 15 is 0 Å². The predicted molar refractivity (Wildman–Crippen MR) is 64.3 cm³/mol. The fourth-order valence-electron chi connectivity index (χ4n) is 2.09. The van der Waals surface area contributed by atoms with E-state index in [1.165, 1.54) is 25.7 Å². The third kappa shape index (κ3) is 2.85. The molecule has 1 aromatic heterocycles. The van der Waals surface area contributed by atoms with E-state index in [1.807, 2.05) is 12.1 Å². The summed E-state index contributed by atoms with van der Waals surface area (Å²) >= 11 is 6.05. The highest BCUT2D eigenvalue weighted by atomic mass is 35.5. The van der Waals surface area contributed by atoms with Gasteiger partial charge in [-0.1, -0.05) is 18.5 Å². The van der Waals surface area contributed by atoms with Crippen LogP contribution in [0.2, 0.25) is 5.02 Å². The Balaban J connectivity index is 1.95. The number of anilines is 1. The van der Waals surface area contributed by atoms with Crippen molar-refractivity contribution in [3.63, 3.8) is 0 Å². The molecule has 1 aliphatic rings. The van der Waals surface area contributed by atoms with Gasteiger partial charge in [0.2, 0.25) is 0 Å². The van der Waals surface area contributed by atoms with E-state index in [-0.39, 0.29) is 0 Å². The minimum atomic E-state index is 0.550. The van der Waals surface area contributed by atoms with E-state index < -0.39 is 0 Å². The Labute approximate surface area is 96.1 Å². The second-order valence-corrected chi connectivity index (χ2v) is 4.84. The normalized spacial score (nSPS) is 26.3. The Hall–Kier alpha value is -0.760. The molecule has 0 atom stereocenters. The number of rotatable bonds is 2. The van der Waals surface area contributed by atoms with E-state index in [1.54, 1.807) is 6.20 Å². The summed E-state index contributed by atoms with van der Waals surface area (Å²) in [5.74, 6) is 1.71. The lowest BCUT2D eigenvalue weighted by Crippen LogP contribution is -2.25. The monoisotopic (exact) mass is 224 g/mol. The zero-order valence-electron chi connectivity index (χ0n) is 9.04. The number of nitrogens with one attached hydrogen (secondary N) is 1. The summed E-state index contributed by atoms with van der Waals surface area (Å²) in [6, 6.07) is 4.28. The van der Waals surface area contributed by atoms with Gasteiger partial charge >= 0.3 is 0 Å². The number of nitrogens with zero attached hydrogens (tertiary/aromatic N) is 1. The first-order chi connectivity index (χ1) is 7.25. The van der Waals surface area contributed by atoms with E-state index in [9.17, 15) is 0 Å². The van der Waals surface area contributed by atoms with Crippen LogP contribution in [0, 0.1) is 5.92 Å². The van der Waals surface area contributed by atoms with Gasteiger partial charge in [-0.05, 0) is 43.7 Å². The fourth-order valence-corrected chi connectivity index (χ4v) is 2.27. The summed E-state index contributed by atoms with van der Waals surface area (Å²) < 4.78 is 0. The van der Waals surface area contributed by atoms with Crippen molar-refractivity contribution in [2.75, 3.05) is 5.32 Å². The van der Waals surface area contributed by atoms with Gasteiger partial charge in [0.25, 0.3) is 0 Å². The van der Waals surface area contributed by atoms with E-state index in [2.05, 4.69) is 17.2 Å². The molecule has 1 saturated carbocycles. The van der Waals surface area contributed by atoms with Crippen LogP contribution in [-0.2, 0) is 0 Å². The quantitative estimate of drug-likeness (QED) is 0.828. The Morgan fingerprint density at radius 3 is 2.73 bits per heavy atom. The van der Waals surface area contributed by atoms with Crippen LogP contribution in [0.4, 0.5) is 5.82 Å². The van der Waals surface area contributed by atoms with Gasteiger partial charge in [0.15, 0.2) is 0 Å². The smallest absolute Gasteiger partial charge is 0.144 e. The van der Waals surface area contributed by atoms with Gasteiger partial charge in [0.1, 0.15) is 5.82 Å². The van der Waals surface area contributed by atoms with Gasteiger partial charge in [-0.15, -0.1) is 0 Å². The Kier molecular flexibility index (Phi) is 3.47. The van der Waals surface area contributed by atoms with Crippen LogP contribution < -0.4 is 5.32 Å². The standard InChI is InChI=1S/C12H17ClN2/c1-9-4-6-10(7-5-9)15-12-11(13)3-2-8-14-12/h2-3,8-10H,4-7H2,1H3,(H,14,15). The third-order valence-corrected chi connectivity index (χ3v) is 3.42. The molecule has 0 aromatic carbocycles. The molecule has 1 heterocycles. The molecule has 0 saturated heterocycles. The topological polar surface area (TPSA) is 24.9 Å². The predicted octanol–water partition coefficient (Wildman–Crippen LogP) is 3.73. The highest BCUT2D eigenvalue weighted by molar-refractivity contribution is 6.32. The highest BCUT2D eigenvalue weighted by Crippen LogP contribution is 2.27. The van der Waals surface area contributed by atoms with Crippen LogP contribution in [0.15, 0.2) is 18.3 Å². The summed E-state index contributed by atoms with van der Waals surface area (Å²) in [5.41, 5.74) is 0. The maximum atomic E-state index is 6.05. The zero-order valence-corrected chi connectivity index (χ0v) is 9.80. The van der Waals surface area contributed by atoms with Crippen molar-refractivity contribution in [1.82, 2.24) is 4.98 Å². The minimum Gasteiger partial charge on any atom is -0.366 e. The molecule has 0 radical (unpaired) electrons. The first-order valence-corrected chi connectivity index (χ1v) is 6.00. The van der Waals surface area contributed by atoms with Crippen LogP contribution in [0.5, 0.6) is 0 Å². The molecule has 0 spiro atoms. The summed E-state index contributed by atoms with van der Waals surface area (Å²) in [6.07, 6.45) is 6.85. The second kappa shape index (κ2) is 4.84. The SMILES string of the molecule is CC1CCC(Nc2ncccc2Cl)CC1. The van der Waals surface area contributed by atoms with Crippen LogP contribution >= 0.6 is 11.6 Å². The fraction of sp³-hybridized carbons (Fsp3) is 0.583. The van der Waals surface area contributed by atoms with Crippen LogP contribution in [0.1, 0.15) is 32.6 Å². The summed E-state index contributed by atoms with van der Waals surface area (Å²) in [4.78, 5) is 4.25. The maximum absolute atomic E-state index is 6.05. The van der Waals surface area contributed by atoms with Crippen LogP contribution in [0.3, 0.4) is 0 Å². The summed E-state index contributed by atoms with van der Waals surface area (Å²) in [6.45, 7) is 2.32. The van der Waals surface area contributed by atoms with Gasteiger partial charge in [-0.2, -0.15) is 0 Å². The van der Waals surface area contributed by atoms with Gasteiger partial charge in [-0.3, -0.25) is 0 Å². The van der Waals surface area contributed by atoms with E-state index in [0.717, 1.165) is 16.8 Å². The van der Waals surface area contributed by atoms with Crippen molar-refractivity contribution in [1.29, 1.82) is 0 Å². The molecule has 0 unspecified atom stereocenters. The molecular weight excluding hydrogens is 208 g/mol. The number of halogens is 1. The van der Waals surface area contributed by atoms with Gasteiger partial charge in [0.05, 0.1) is 5.02 Å². The number of hydrogen-bond acceptors (Lipinski definition) is 2. The molecule has 1 aliphatic carbocycles. The Bertz CT molecular complexity index is 319. The zero-order chi connectivity index (χ0) is 10.7. The first kappa shape index (κ1) is 10.7. The van der Waals surface area contributed by atoms with Gasteiger partial charge in [-0.25, -0.2) is 4.98 Å². The molecule has 1 fully saturated rings. The lowest BCUT2D eigenvalue weighted by Gasteiger charge is -2.27. The number of aromatic nitrogens is 1. The lowest BCUT2D eigenvalue weighted by molar-refractivity contribution is 0.361. The molecule has 3 heteroatoms. The number of hydrogen-bond donors (Lipinski definition) is 1. The van der Waals surface area contributed by atoms with Crippen molar-refractivity contribution < 1.29 is 0 Å².